The van der Waals surface area contributed by atoms with Crippen molar-refractivity contribution in [1.29, 1.82) is 0 Å². The first-order valence-corrected chi connectivity index (χ1v) is 5.87. The summed E-state index contributed by atoms with van der Waals surface area (Å²) in [5.74, 6) is 0.302. The number of pyridine rings is 1. The number of aromatic nitrogens is 1. The van der Waals surface area contributed by atoms with Crippen molar-refractivity contribution in [2.45, 2.75) is 6.42 Å². The third kappa shape index (κ3) is 2.30. The fourth-order valence-electron chi connectivity index (χ4n) is 1.97. The van der Waals surface area contributed by atoms with E-state index in [0.717, 1.165) is 5.56 Å². The fourth-order valence-corrected chi connectivity index (χ4v) is 1.97. The lowest BCUT2D eigenvalue weighted by atomic mass is 10.2. The molecule has 0 fully saturated rings. The summed E-state index contributed by atoms with van der Waals surface area (Å²) in [5, 5.41) is 5.41. The Morgan fingerprint density at radius 1 is 1.26 bits per heavy atom. The maximum absolute atomic E-state index is 12.0. The first-order chi connectivity index (χ1) is 9.22. The maximum Gasteiger partial charge on any atom is 0.255 e. The molecule has 0 atom stereocenters. The van der Waals surface area contributed by atoms with Crippen LogP contribution in [0.3, 0.4) is 0 Å². The van der Waals surface area contributed by atoms with Gasteiger partial charge in [0.25, 0.3) is 5.91 Å². The van der Waals surface area contributed by atoms with E-state index in [-0.39, 0.29) is 11.8 Å². The van der Waals surface area contributed by atoms with Crippen LogP contribution in [-0.2, 0) is 11.2 Å². The number of nitrogens with zero attached hydrogens (tertiary/aromatic N) is 1. The topological polar surface area (TPSA) is 71.1 Å². The Kier molecular flexibility index (Phi) is 2.72. The highest BCUT2D eigenvalue weighted by Crippen LogP contribution is 2.23. The van der Waals surface area contributed by atoms with Gasteiger partial charge in [-0.3, -0.25) is 9.59 Å². The molecule has 3 rings (SSSR count). The molecule has 0 spiro atoms. The molecular weight excluding hydrogens is 242 g/mol. The quantitative estimate of drug-likeness (QED) is 0.857. The summed E-state index contributed by atoms with van der Waals surface area (Å²) < 4.78 is 0. The normalized spacial score (nSPS) is 12.7. The van der Waals surface area contributed by atoms with E-state index in [2.05, 4.69) is 15.6 Å². The molecule has 1 aromatic heterocycles. The van der Waals surface area contributed by atoms with E-state index in [1.165, 1.54) is 6.20 Å². The summed E-state index contributed by atoms with van der Waals surface area (Å²) in [4.78, 5) is 27.3. The van der Waals surface area contributed by atoms with Crippen LogP contribution in [0.15, 0.2) is 42.6 Å². The van der Waals surface area contributed by atoms with Crippen LogP contribution in [0.4, 0.5) is 11.5 Å². The second kappa shape index (κ2) is 4.53. The number of hydrogen-bond acceptors (Lipinski definition) is 3. The first-order valence-electron chi connectivity index (χ1n) is 5.87. The van der Waals surface area contributed by atoms with Crippen LogP contribution in [-0.4, -0.2) is 16.8 Å². The zero-order chi connectivity index (χ0) is 13.2. The SMILES string of the molecule is O=C1Cc2cc(NC(=O)c3ccccc3)cnc2N1. The molecule has 94 valence electrons. The number of hydrogen-bond donors (Lipinski definition) is 2. The maximum atomic E-state index is 12.0. The zero-order valence-corrected chi connectivity index (χ0v) is 10.0. The molecule has 5 nitrogen and oxygen atoms in total. The predicted molar refractivity (Wildman–Crippen MR) is 71.0 cm³/mol. The predicted octanol–water partition coefficient (Wildman–Crippen LogP) is 1.83. The van der Waals surface area contributed by atoms with Gasteiger partial charge in [-0.2, -0.15) is 0 Å². The van der Waals surface area contributed by atoms with Gasteiger partial charge in [-0.05, 0) is 18.2 Å². The fraction of sp³-hybridized carbons (Fsp3) is 0.0714. The molecule has 2 heterocycles. The summed E-state index contributed by atoms with van der Waals surface area (Å²) in [6, 6.07) is 10.7. The summed E-state index contributed by atoms with van der Waals surface area (Å²) in [5.41, 5.74) is 1.97. The van der Waals surface area contributed by atoms with Gasteiger partial charge in [0, 0.05) is 11.1 Å². The highest BCUT2D eigenvalue weighted by Gasteiger charge is 2.19. The van der Waals surface area contributed by atoms with E-state index in [0.29, 0.717) is 23.5 Å². The Bertz CT molecular complexity index is 653. The van der Waals surface area contributed by atoms with Crippen molar-refractivity contribution in [2.24, 2.45) is 0 Å². The summed E-state index contributed by atoms with van der Waals surface area (Å²) in [6.45, 7) is 0. The monoisotopic (exact) mass is 253 g/mol. The smallest absolute Gasteiger partial charge is 0.255 e. The minimum absolute atomic E-state index is 0.0750. The van der Waals surface area contributed by atoms with Crippen molar-refractivity contribution in [3.8, 4) is 0 Å². The third-order valence-corrected chi connectivity index (χ3v) is 2.87. The first kappa shape index (κ1) is 11.4. The number of benzene rings is 1. The third-order valence-electron chi connectivity index (χ3n) is 2.87. The molecule has 2 amide bonds. The van der Waals surface area contributed by atoms with Crippen molar-refractivity contribution in [1.82, 2.24) is 4.98 Å². The Hall–Kier alpha value is -2.69. The molecule has 0 unspecified atom stereocenters. The van der Waals surface area contributed by atoms with Crippen molar-refractivity contribution in [2.75, 3.05) is 10.6 Å². The molecule has 0 aliphatic carbocycles. The Morgan fingerprint density at radius 2 is 2.05 bits per heavy atom. The van der Waals surface area contributed by atoms with Crippen LogP contribution in [0, 0.1) is 0 Å². The number of amides is 2. The summed E-state index contributed by atoms with van der Waals surface area (Å²) in [7, 11) is 0. The molecule has 5 heteroatoms. The number of anilines is 2. The van der Waals surface area contributed by atoms with Gasteiger partial charge >= 0.3 is 0 Å². The molecular formula is C14H11N3O2. The second-order valence-corrected chi connectivity index (χ2v) is 4.28. The van der Waals surface area contributed by atoms with E-state index < -0.39 is 0 Å². The molecule has 0 saturated carbocycles. The highest BCUT2D eigenvalue weighted by atomic mass is 16.2. The average Bonchev–Trinajstić information content (AvgIpc) is 2.79. The van der Waals surface area contributed by atoms with Crippen LogP contribution < -0.4 is 10.6 Å². The Labute approximate surface area is 109 Å². The zero-order valence-electron chi connectivity index (χ0n) is 10.0. The Balaban J connectivity index is 1.80. The lowest BCUT2D eigenvalue weighted by Gasteiger charge is -2.06. The lowest BCUT2D eigenvalue weighted by molar-refractivity contribution is -0.115. The number of carbonyl (C=O) groups is 2. The molecule has 2 N–H and O–H groups in total. The average molecular weight is 253 g/mol. The van der Waals surface area contributed by atoms with E-state index >= 15 is 0 Å². The van der Waals surface area contributed by atoms with E-state index in [1.54, 1.807) is 30.3 Å². The number of rotatable bonds is 2. The van der Waals surface area contributed by atoms with Crippen molar-refractivity contribution in [3.63, 3.8) is 0 Å². The molecule has 2 aromatic rings. The van der Waals surface area contributed by atoms with Gasteiger partial charge in [0.05, 0.1) is 18.3 Å². The van der Waals surface area contributed by atoms with Crippen molar-refractivity contribution < 1.29 is 9.59 Å². The minimum Gasteiger partial charge on any atom is -0.321 e. The van der Waals surface area contributed by atoms with E-state index in [1.807, 2.05) is 6.07 Å². The standard InChI is InChI=1S/C14H11N3O2/c18-12-7-10-6-11(8-15-13(10)17-12)16-14(19)9-4-2-1-3-5-9/h1-6,8H,7H2,(H,16,19)(H,15,17,18). The molecule has 0 saturated heterocycles. The summed E-state index contributed by atoms with van der Waals surface area (Å²) >= 11 is 0. The van der Waals surface area contributed by atoms with Gasteiger partial charge in [0.15, 0.2) is 0 Å². The van der Waals surface area contributed by atoms with Gasteiger partial charge in [-0.25, -0.2) is 4.98 Å². The van der Waals surface area contributed by atoms with Gasteiger partial charge in [-0.1, -0.05) is 18.2 Å². The largest absolute Gasteiger partial charge is 0.321 e. The van der Waals surface area contributed by atoms with Gasteiger partial charge in [-0.15, -0.1) is 0 Å². The number of carbonyl (C=O) groups excluding carboxylic acids is 2. The molecule has 1 aromatic carbocycles. The molecule has 19 heavy (non-hydrogen) atoms. The minimum atomic E-state index is -0.195. The van der Waals surface area contributed by atoms with E-state index in [4.69, 9.17) is 0 Å². The van der Waals surface area contributed by atoms with Gasteiger partial charge < -0.3 is 10.6 Å². The number of nitrogens with one attached hydrogen (secondary N) is 2. The van der Waals surface area contributed by atoms with Crippen molar-refractivity contribution >= 4 is 23.3 Å². The summed E-state index contributed by atoms with van der Waals surface area (Å²) in [6.07, 6.45) is 1.84. The molecule has 0 bridgehead atoms. The van der Waals surface area contributed by atoms with Gasteiger partial charge in [0.2, 0.25) is 5.91 Å². The molecule has 0 radical (unpaired) electrons. The second-order valence-electron chi connectivity index (χ2n) is 4.28. The number of fused-ring (bicyclic) bond motifs is 1. The molecule has 1 aliphatic heterocycles. The lowest BCUT2D eigenvalue weighted by Crippen LogP contribution is -2.12. The van der Waals surface area contributed by atoms with Crippen molar-refractivity contribution in [3.05, 3.63) is 53.7 Å². The van der Waals surface area contributed by atoms with Crippen LogP contribution in [0.25, 0.3) is 0 Å². The molecule has 1 aliphatic rings. The van der Waals surface area contributed by atoms with E-state index in [9.17, 15) is 9.59 Å². The van der Waals surface area contributed by atoms with Crippen LogP contribution in [0.5, 0.6) is 0 Å². The Morgan fingerprint density at radius 3 is 2.84 bits per heavy atom. The van der Waals surface area contributed by atoms with Crippen LogP contribution in [0.2, 0.25) is 0 Å². The van der Waals surface area contributed by atoms with Crippen LogP contribution >= 0.6 is 0 Å². The van der Waals surface area contributed by atoms with Gasteiger partial charge in [0.1, 0.15) is 5.82 Å². The highest BCUT2D eigenvalue weighted by molar-refractivity contribution is 6.04. The van der Waals surface area contributed by atoms with Crippen LogP contribution in [0.1, 0.15) is 15.9 Å².